The van der Waals surface area contributed by atoms with Crippen molar-refractivity contribution < 1.29 is 9.21 Å². The number of nitrogens with zero attached hydrogens (tertiary/aromatic N) is 1. The molecule has 0 aromatic carbocycles. The van der Waals surface area contributed by atoms with Gasteiger partial charge in [0.05, 0.1) is 12.3 Å². The molecule has 0 spiro atoms. The summed E-state index contributed by atoms with van der Waals surface area (Å²) >= 11 is 0. The second kappa shape index (κ2) is 5.36. The smallest absolute Gasteiger partial charge is 0.240 e. The fraction of sp³-hybridized carbons (Fsp3) is 0.615. The topological polar surface area (TPSA) is 45.5 Å². The normalized spacial score (nSPS) is 22.1. The van der Waals surface area contributed by atoms with Gasteiger partial charge in [0.1, 0.15) is 5.76 Å². The summed E-state index contributed by atoms with van der Waals surface area (Å²) in [6.07, 6.45) is 3.38. The van der Waals surface area contributed by atoms with E-state index in [9.17, 15) is 4.79 Å². The Morgan fingerprint density at radius 1 is 1.65 bits per heavy atom. The third-order valence-electron chi connectivity index (χ3n) is 3.30. The van der Waals surface area contributed by atoms with Crippen molar-refractivity contribution in [2.75, 3.05) is 13.1 Å². The Morgan fingerprint density at radius 3 is 3.12 bits per heavy atom. The molecule has 4 nitrogen and oxygen atoms in total. The molecule has 0 saturated carbocycles. The van der Waals surface area contributed by atoms with Gasteiger partial charge >= 0.3 is 0 Å². The van der Waals surface area contributed by atoms with Crippen LogP contribution < -0.4 is 5.32 Å². The molecule has 1 N–H and O–H groups in total. The maximum Gasteiger partial charge on any atom is 0.240 e. The lowest BCUT2D eigenvalue weighted by atomic mass is 10.1. The Kier molecular flexibility index (Phi) is 3.84. The second-order valence-corrected chi connectivity index (χ2v) is 4.56. The zero-order chi connectivity index (χ0) is 12.3. The van der Waals surface area contributed by atoms with Crippen LogP contribution in [-0.2, 0) is 11.2 Å². The number of rotatable bonds is 5. The third kappa shape index (κ3) is 2.69. The molecule has 4 heteroatoms. The fourth-order valence-corrected chi connectivity index (χ4v) is 2.41. The summed E-state index contributed by atoms with van der Waals surface area (Å²) in [4.78, 5) is 14.1. The molecule has 17 heavy (non-hydrogen) atoms. The van der Waals surface area contributed by atoms with Crippen molar-refractivity contribution in [1.82, 2.24) is 10.2 Å². The minimum absolute atomic E-state index is 0.0130. The molecule has 1 aliphatic rings. The standard InChI is InChI=1S/C13H20N2O2/c1-3-14-12-6-7-15(13(12)16)10(2)9-11-5-4-8-17-11/h4-5,8,10,12,14H,3,6-7,9H2,1-2H3. The summed E-state index contributed by atoms with van der Waals surface area (Å²) in [5.41, 5.74) is 0. The van der Waals surface area contributed by atoms with Gasteiger partial charge in [-0.1, -0.05) is 6.92 Å². The molecular weight excluding hydrogens is 216 g/mol. The van der Waals surface area contributed by atoms with E-state index in [0.717, 1.165) is 31.7 Å². The Bertz CT molecular complexity index is 362. The number of furan rings is 1. The number of hydrogen-bond acceptors (Lipinski definition) is 3. The molecule has 2 heterocycles. The molecular formula is C13H20N2O2. The van der Waals surface area contributed by atoms with Crippen molar-refractivity contribution in [1.29, 1.82) is 0 Å². The van der Waals surface area contributed by atoms with Crippen molar-refractivity contribution >= 4 is 5.91 Å². The highest BCUT2D eigenvalue weighted by atomic mass is 16.3. The molecule has 94 valence electrons. The summed E-state index contributed by atoms with van der Waals surface area (Å²) in [5, 5.41) is 3.22. The van der Waals surface area contributed by atoms with Gasteiger partial charge in [0, 0.05) is 19.0 Å². The minimum atomic E-state index is 0.0130. The molecule has 1 amide bonds. The van der Waals surface area contributed by atoms with Crippen LogP contribution in [0.3, 0.4) is 0 Å². The number of likely N-dealkylation sites (tertiary alicyclic amines) is 1. The van der Waals surface area contributed by atoms with Gasteiger partial charge in [-0.2, -0.15) is 0 Å². The van der Waals surface area contributed by atoms with Gasteiger partial charge in [-0.3, -0.25) is 4.79 Å². The first-order valence-electron chi connectivity index (χ1n) is 6.28. The summed E-state index contributed by atoms with van der Waals surface area (Å²) < 4.78 is 5.32. The van der Waals surface area contributed by atoms with Gasteiger partial charge in [0.15, 0.2) is 0 Å². The van der Waals surface area contributed by atoms with Gasteiger partial charge in [-0.05, 0) is 32.0 Å². The molecule has 1 aromatic rings. The minimum Gasteiger partial charge on any atom is -0.469 e. The largest absolute Gasteiger partial charge is 0.469 e. The number of likely N-dealkylation sites (N-methyl/N-ethyl adjacent to an activating group) is 1. The Balaban J connectivity index is 1.92. The quantitative estimate of drug-likeness (QED) is 0.841. The highest BCUT2D eigenvalue weighted by Gasteiger charge is 2.33. The van der Waals surface area contributed by atoms with Gasteiger partial charge in [-0.15, -0.1) is 0 Å². The molecule has 2 rings (SSSR count). The number of carbonyl (C=O) groups is 1. The van der Waals surface area contributed by atoms with Gasteiger partial charge in [-0.25, -0.2) is 0 Å². The van der Waals surface area contributed by atoms with E-state index in [-0.39, 0.29) is 18.0 Å². The number of amides is 1. The van der Waals surface area contributed by atoms with Crippen molar-refractivity contribution in [3.8, 4) is 0 Å². The SMILES string of the molecule is CCNC1CCN(C(C)Cc2ccco2)C1=O. The summed E-state index contributed by atoms with van der Waals surface area (Å²) in [6, 6.07) is 4.06. The maximum absolute atomic E-state index is 12.1. The van der Waals surface area contributed by atoms with Crippen LogP contribution >= 0.6 is 0 Å². The van der Waals surface area contributed by atoms with Crippen LogP contribution in [0.5, 0.6) is 0 Å². The number of hydrogen-bond donors (Lipinski definition) is 1. The van der Waals surface area contributed by atoms with Gasteiger partial charge in [0.2, 0.25) is 5.91 Å². The van der Waals surface area contributed by atoms with Crippen molar-refractivity contribution in [2.24, 2.45) is 0 Å². The zero-order valence-corrected chi connectivity index (χ0v) is 10.5. The van der Waals surface area contributed by atoms with Crippen LogP contribution in [0.15, 0.2) is 22.8 Å². The number of nitrogens with one attached hydrogen (secondary N) is 1. The van der Waals surface area contributed by atoms with E-state index in [4.69, 9.17) is 4.42 Å². The monoisotopic (exact) mass is 236 g/mol. The highest BCUT2D eigenvalue weighted by Crippen LogP contribution is 2.17. The molecule has 1 aromatic heterocycles. The maximum atomic E-state index is 12.1. The average Bonchev–Trinajstić information content (AvgIpc) is 2.91. The van der Waals surface area contributed by atoms with E-state index < -0.39 is 0 Å². The molecule has 1 aliphatic heterocycles. The Hall–Kier alpha value is -1.29. The zero-order valence-electron chi connectivity index (χ0n) is 10.5. The number of carbonyl (C=O) groups excluding carboxylic acids is 1. The van der Waals surface area contributed by atoms with Crippen molar-refractivity contribution in [3.63, 3.8) is 0 Å². The van der Waals surface area contributed by atoms with Crippen LogP contribution in [-0.4, -0.2) is 36.0 Å². The van der Waals surface area contributed by atoms with Crippen molar-refractivity contribution in [3.05, 3.63) is 24.2 Å². The van der Waals surface area contributed by atoms with Crippen LogP contribution in [0.2, 0.25) is 0 Å². The second-order valence-electron chi connectivity index (χ2n) is 4.56. The summed E-state index contributed by atoms with van der Waals surface area (Å²) in [7, 11) is 0. The van der Waals surface area contributed by atoms with Gasteiger partial charge in [0.25, 0.3) is 0 Å². The first-order chi connectivity index (χ1) is 8.22. The molecule has 0 radical (unpaired) electrons. The molecule has 0 aliphatic carbocycles. The lowest BCUT2D eigenvalue weighted by molar-refractivity contribution is -0.131. The van der Waals surface area contributed by atoms with Crippen LogP contribution in [0, 0.1) is 0 Å². The summed E-state index contributed by atoms with van der Waals surface area (Å²) in [5.74, 6) is 1.17. The molecule has 2 atom stereocenters. The molecule has 2 unspecified atom stereocenters. The lowest BCUT2D eigenvalue weighted by Gasteiger charge is -2.24. The van der Waals surface area contributed by atoms with Crippen LogP contribution in [0.25, 0.3) is 0 Å². The first-order valence-corrected chi connectivity index (χ1v) is 6.28. The lowest BCUT2D eigenvalue weighted by Crippen LogP contribution is -2.42. The van der Waals surface area contributed by atoms with Crippen LogP contribution in [0.4, 0.5) is 0 Å². The predicted molar refractivity (Wildman–Crippen MR) is 65.7 cm³/mol. The Labute approximate surface area is 102 Å². The predicted octanol–water partition coefficient (Wildman–Crippen LogP) is 1.42. The third-order valence-corrected chi connectivity index (χ3v) is 3.30. The van der Waals surface area contributed by atoms with E-state index in [1.165, 1.54) is 0 Å². The Morgan fingerprint density at radius 2 is 2.47 bits per heavy atom. The molecule has 1 fully saturated rings. The highest BCUT2D eigenvalue weighted by molar-refractivity contribution is 5.84. The van der Waals surface area contributed by atoms with E-state index in [0.29, 0.717) is 0 Å². The van der Waals surface area contributed by atoms with E-state index in [2.05, 4.69) is 12.2 Å². The van der Waals surface area contributed by atoms with E-state index in [1.807, 2.05) is 24.0 Å². The molecule has 0 bridgehead atoms. The van der Waals surface area contributed by atoms with Crippen LogP contribution in [0.1, 0.15) is 26.0 Å². The molecule has 1 saturated heterocycles. The van der Waals surface area contributed by atoms with Crippen molar-refractivity contribution in [2.45, 2.75) is 38.8 Å². The first kappa shape index (κ1) is 12.2. The van der Waals surface area contributed by atoms with E-state index >= 15 is 0 Å². The van der Waals surface area contributed by atoms with Gasteiger partial charge < -0.3 is 14.6 Å². The summed E-state index contributed by atoms with van der Waals surface area (Å²) in [6.45, 7) is 5.80. The average molecular weight is 236 g/mol. The fourth-order valence-electron chi connectivity index (χ4n) is 2.41. The van der Waals surface area contributed by atoms with E-state index in [1.54, 1.807) is 6.26 Å².